The van der Waals surface area contributed by atoms with Crippen LogP contribution in [0.2, 0.25) is 0 Å². The number of aliphatic hydroxyl groups excluding tert-OH is 1. The Morgan fingerprint density at radius 1 is 1.22 bits per heavy atom. The summed E-state index contributed by atoms with van der Waals surface area (Å²) < 4.78 is 0. The summed E-state index contributed by atoms with van der Waals surface area (Å²) >= 11 is 0. The van der Waals surface area contributed by atoms with Gasteiger partial charge in [-0.1, -0.05) is 20.3 Å². The number of hydrogen-bond acceptors (Lipinski definition) is 1. The third-order valence-electron chi connectivity index (χ3n) is 2.42. The SMILES string of the molecule is CC1CCC(C)[C@@H](O)C1. The van der Waals surface area contributed by atoms with Gasteiger partial charge in [-0.25, -0.2) is 0 Å². The van der Waals surface area contributed by atoms with Crippen molar-refractivity contribution in [3.8, 4) is 0 Å². The van der Waals surface area contributed by atoms with E-state index in [0.717, 1.165) is 12.3 Å². The van der Waals surface area contributed by atoms with Crippen molar-refractivity contribution in [3.63, 3.8) is 0 Å². The topological polar surface area (TPSA) is 20.2 Å². The molecule has 1 nitrogen and oxygen atoms in total. The van der Waals surface area contributed by atoms with Gasteiger partial charge in [0.1, 0.15) is 0 Å². The molecule has 0 radical (unpaired) electrons. The largest absolute Gasteiger partial charge is 0.393 e. The molecule has 0 aromatic rings. The fourth-order valence-electron chi connectivity index (χ4n) is 1.50. The van der Waals surface area contributed by atoms with Gasteiger partial charge in [0, 0.05) is 0 Å². The molecule has 3 atom stereocenters. The Morgan fingerprint density at radius 3 is 2.33 bits per heavy atom. The molecule has 1 aliphatic rings. The molecule has 54 valence electrons. The zero-order valence-electron chi connectivity index (χ0n) is 6.30. The van der Waals surface area contributed by atoms with Crippen LogP contribution in [-0.4, -0.2) is 11.2 Å². The van der Waals surface area contributed by atoms with Crippen molar-refractivity contribution >= 4 is 0 Å². The molecule has 0 aromatic heterocycles. The minimum atomic E-state index is -0.0197. The Balaban J connectivity index is 2.35. The summed E-state index contributed by atoms with van der Waals surface area (Å²) in [5.74, 6) is 1.29. The Hall–Kier alpha value is -0.0400. The van der Waals surface area contributed by atoms with Crippen molar-refractivity contribution in [2.45, 2.75) is 39.2 Å². The summed E-state index contributed by atoms with van der Waals surface area (Å²) in [6, 6.07) is 0. The van der Waals surface area contributed by atoms with E-state index < -0.39 is 0 Å². The Kier molecular flexibility index (Phi) is 2.12. The van der Waals surface area contributed by atoms with Crippen LogP contribution in [-0.2, 0) is 0 Å². The molecule has 0 aliphatic heterocycles. The van der Waals surface area contributed by atoms with Gasteiger partial charge in [0.2, 0.25) is 0 Å². The standard InChI is InChI=1S/C8H16O/c1-6-3-4-7(2)8(9)5-6/h6-9H,3-5H2,1-2H3/t6?,7?,8-/m0/s1. The van der Waals surface area contributed by atoms with Gasteiger partial charge in [-0.3, -0.25) is 0 Å². The molecule has 1 saturated carbocycles. The molecule has 1 rings (SSSR count). The molecule has 0 spiro atoms. The van der Waals surface area contributed by atoms with Gasteiger partial charge in [-0.15, -0.1) is 0 Å². The first-order chi connectivity index (χ1) is 4.20. The molecular formula is C8H16O. The number of rotatable bonds is 0. The average molecular weight is 128 g/mol. The van der Waals surface area contributed by atoms with E-state index in [1.807, 2.05) is 0 Å². The van der Waals surface area contributed by atoms with Crippen molar-refractivity contribution in [1.82, 2.24) is 0 Å². The first-order valence-corrected chi connectivity index (χ1v) is 3.88. The average Bonchev–Trinajstić information content (AvgIpc) is 1.80. The van der Waals surface area contributed by atoms with E-state index in [1.54, 1.807) is 0 Å². The van der Waals surface area contributed by atoms with Crippen LogP contribution in [0.15, 0.2) is 0 Å². The highest BCUT2D eigenvalue weighted by Gasteiger charge is 2.22. The van der Waals surface area contributed by atoms with Crippen LogP contribution in [0.25, 0.3) is 0 Å². The highest BCUT2D eigenvalue weighted by Crippen LogP contribution is 2.27. The van der Waals surface area contributed by atoms with Crippen LogP contribution in [0.4, 0.5) is 0 Å². The van der Waals surface area contributed by atoms with Crippen molar-refractivity contribution in [2.24, 2.45) is 11.8 Å². The predicted molar refractivity (Wildman–Crippen MR) is 38.2 cm³/mol. The summed E-state index contributed by atoms with van der Waals surface area (Å²) in [6.07, 6.45) is 3.51. The van der Waals surface area contributed by atoms with Crippen molar-refractivity contribution in [2.75, 3.05) is 0 Å². The molecule has 0 saturated heterocycles. The van der Waals surface area contributed by atoms with Gasteiger partial charge < -0.3 is 5.11 Å². The molecule has 0 bridgehead atoms. The van der Waals surface area contributed by atoms with Crippen LogP contribution in [0, 0.1) is 11.8 Å². The highest BCUT2D eigenvalue weighted by atomic mass is 16.3. The highest BCUT2D eigenvalue weighted by molar-refractivity contribution is 4.74. The van der Waals surface area contributed by atoms with Crippen molar-refractivity contribution in [1.29, 1.82) is 0 Å². The second kappa shape index (κ2) is 2.70. The molecule has 1 fully saturated rings. The normalized spacial score (nSPS) is 45.0. The summed E-state index contributed by atoms with van der Waals surface area (Å²) in [4.78, 5) is 0. The molecule has 0 heterocycles. The Morgan fingerprint density at radius 2 is 1.89 bits per heavy atom. The van der Waals surface area contributed by atoms with E-state index >= 15 is 0 Å². The lowest BCUT2D eigenvalue weighted by atomic mass is 9.82. The van der Waals surface area contributed by atoms with Gasteiger partial charge >= 0.3 is 0 Å². The van der Waals surface area contributed by atoms with Crippen molar-refractivity contribution in [3.05, 3.63) is 0 Å². The maximum absolute atomic E-state index is 9.35. The maximum Gasteiger partial charge on any atom is 0.0568 e. The van der Waals surface area contributed by atoms with Crippen LogP contribution in [0.3, 0.4) is 0 Å². The summed E-state index contributed by atoms with van der Waals surface area (Å²) in [7, 11) is 0. The second-order valence-electron chi connectivity index (χ2n) is 3.46. The Labute approximate surface area is 57.1 Å². The first kappa shape index (κ1) is 7.07. The van der Waals surface area contributed by atoms with E-state index in [2.05, 4.69) is 13.8 Å². The van der Waals surface area contributed by atoms with E-state index in [1.165, 1.54) is 12.8 Å². The van der Waals surface area contributed by atoms with Crippen LogP contribution >= 0.6 is 0 Å². The Bertz CT molecular complexity index is 90.6. The van der Waals surface area contributed by atoms with Gasteiger partial charge in [0.15, 0.2) is 0 Å². The monoisotopic (exact) mass is 128 g/mol. The molecule has 2 unspecified atom stereocenters. The van der Waals surface area contributed by atoms with Gasteiger partial charge in [-0.05, 0) is 24.7 Å². The third kappa shape index (κ3) is 1.68. The molecule has 9 heavy (non-hydrogen) atoms. The fourth-order valence-corrected chi connectivity index (χ4v) is 1.50. The lowest BCUT2D eigenvalue weighted by Crippen LogP contribution is -2.25. The van der Waals surface area contributed by atoms with E-state index in [9.17, 15) is 5.11 Å². The predicted octanol–water partition coefficient (Wildman–Crippen LogP) is 1.80. The van der Waals surface area contributed by atoms with E-state index in [4.69, 9.17) is 0 Å². The maximum atomic E-state index is 9.35. The zero-order chi connectivity index (χ0) is 6.85. The molecular weight excluding hydrogens is 112 g/mol. The van der Waals surface area contributed by atoms with E-state index in [0.29, 0.717) is 5.92 Å². The van der Waals surface area contributed by atoms with E-state index in [-0.39, 0.29) is 6.10 Å². The molecule has 1 aliphatic carbocycles. The van der Waals surface area contributed by atoms with Gasteiger partial charge in [-0.2, -0.15) is 0 Å². The number of aliphatic hydroxyl groups is 1. The summed E-state index contributed by atoms with van der Waals surface area (Å²) in [5.41, 5.74) is 0. The smallest absolute Gasteiger partial charge is 0.0568 e. The lowest BCUT2D eigenvalue weighted by molar-refractivity contribution is 0.0577. The molecule has 0 aromatic carbocycles. The molecule has 0 amide bonds. The van der Waals surface area contributed by atoms with Crippen LogP contribution in [0.5, 0.6) is 0 Å². The third-order valence-corrected chi connectivity index (χ3v) is 2.42. The van der Waals surface area contributed by atoms with Crippen molar-refractivity contribution < 1.29 is 5.11 Å². The van der Waals surface area contributed by atoms with Gasteiger partial charge in [0.05, 0.1) is 6.10 Å². The minimum Gasteiger partial charge on any atom is -0.393 e. The summed E-state index contributed by atoms with van der Waals surface area (Å²) in [5, 5.41) is 9.35. The lowest BCUT2D eigenvalue weighted by Gasteiger charge is -2.28. The second-order valence-corrected chi connectivity index (χ2v) is 3.46. The first-order valence-electron chi connectivity index (χ1n) is 3.88. The van der Waals surface area contributed by atoms with Crippen LogP contribution in [0.1, 0.15) is 33.1 Å². The quantitative estimate of drug-likeness (QED) is 0.527. The minimum absolute atomic E-state index is 0.0197. The molecule has 1 heteroatoms. The zero-order valence-corrected chi connectivity index (χ0v) is 6.30. The fraction of sp³-hybridized carbons (Fsp3) is 1.00. The van der Waals surface area contributed by atoms with Gasteiger partial charge in [0.25, 0.3) is 0 Å². The van der Waals surface area contributed by atoms with Crippen LogP contribution < -0.4 is 0 Å². The molecule has 1 N–H and O–H groups in total. The number of hydrogen-bond donors (Lipinski definition) is 1. The summed E-state index contributed by atoms with van der Waals surface area (Å²) in [6.45, 7) is 4.35.